The summed E-state index contributed by atoms with van der Waals surface area (Å²) < 4.78 is 18.3. The van der Waals surface area contributed by atoms with Crippen LogP contribution in [0.2, 0.25) is 5.02 Å². The SMILES string of the molecule is COc1ccc(NC(C(=O)NC2CC2)c2ccc(F)cc2)cc1Cl. The van der Waals surface area contributed by atoms with Crippen LogP contribution in [0.15, 0.2) is 42.5 Å². The van der Waals surface area contributed by atoms with Crippen molar-refractivity contribution in [3.05, 3.63) is 58.9 Å². The summed E-state index contributed by atoms with van der Waals surface area (Å²) in [6, 6.07) is 10.7. The molecule has 2 aromatic rings. The predicted octanol–water partition coefficient (Wildman–Crippen LogP) is 3.92. The molecule has 1 fully saturated rings. The van der Waals surface area contributed by atoms with Gasteiger partial charge in [0.1, 0.15) is 17.6 Å². The first kappa shape index (κ1) is 16.6. The van der Waals surface area contributed by atoms with Gasteiger partial charge in [0.15, 0.2) is 0 Å². The van der Waals surface area contributed by atoms with Crippen LogP contribution in [-0.2, 0) is 4.79 Å². The summed E-state index contributed by atoms with van der Waals surface area (Å²) >= 11 is 6.14. The van der Waals surface area contributed by atoms with E-state index >= 15 is 0 Å². The molecule has 2 aromatic carbocycles. The molecular weight excluding hydrogens is 331 g/mol. The van der Waals surface area contributed by atoms with Crippen molar-refractivity contribution in [1.29, 1.82) is 0 Å². The van der Waals surface area contributed by atoms with Gasteiger partial charge >= 0.3 is 0 Å². The molecule has 1 unspecified atom stereocenters. The molecule has 1 atom stereocenters. The van der Waals surface area contributed by atoms with E-state index in [4.69, 9.17) is 16.3 Å². The average Bonchev–Trinajstić information content (AvgIpc) is 3.37. The highest BCUT2D eigenvalue weighted by Crippen LogP contribution is 2.30. The highest BCUT2D eigenvalue weighted by Gasteiger charge is 2.28. The Labute approximate surface area is 145 Å². The lowest BCUT2D eigenvalue weighted by molar-refractivity contribution is -0.122. The molecule has 2 N–H and O–H groups in total. The number of carbonyl (C=O) groups is 1. The van der Waals surface area contributed by atoms with Crippen molar-refractivity contribution >= 4 is 23.2 Å². The van der Waals surface area contributed by atoms with Crippen LogP contribution in [0.4, 0.5) is 10.1 Å². The number of hydrogen-bond donors (Lipinski definition) is 2. The van der Waals surface area contributed by atoms with E-state index in [0.717, 1.165) is 12.8 Å². The molecule has 0 aliphatic heterocycles. The van der Waals surface area contributed by atoms with Crippen molar-refractivity contribution < 1.29 is 13.9 Å². The number of hydrogen-bond acceptors (Lipinski definition) is 3. The van der Waals surface area contributed by atoms with Gasteiger partial charge in [-0.1, -0.05) is 23.7 Å². The highest BCUT2D eigenvalue weighted by atomic mass is 35.5. The van der Waals surface area contributed by atoms with Crippen molar-refractivity contribution in [2.24, 2.45) is 0 Å². The van der Waals surface area contributed by atoms with Crippen LogP contribution in [0, 0.1) is 5.82 Å². The zero-order valence-electron chi connectivity index (χ0n) is 13.2. The summed E-state index contributed by atoms with van der Waals surface area (Å²) in [6.45, 7) is 0. The Morgan fingerprint density at radius 3 is 2.54 bits per heavy atom. The molecule has 0 heterocycles. The summed E-state index contributed by atoms with van der Waals surface area (Å²) in [7, 11) is 1.54. The van der Waals surface area contributed by atoms with Crippen LogP contribution in [0.1, 0.15) is 24.4 Å². The van der Waals surface area contributed by atoms with Gasteiger partial charge in [-0.05, 0) is 48.7 Å². The minimum Gasteiger partial charge on any atom is -0.495 e. The maximum atomic E-state index is 13.2. The van der Waals surface area contributed by atoms with Crippen molar-refractivity contribution in [3.8, 4) is 5.75 Å². The number of halogens is 2. The standard InChI is InChI=1S/C18H18ClFN2O2/c1-24-16-9-8-14(10-15(16)19)21-17(18(23)22-13-6-7-13)11-2-4-12(20)5-3-11/h2-5,8-10,13,17,21H,6-7H2,1H3,(H,22,23). The van der Waals surface area contributed by atoms with Gasteiger partial charge in [0.05, 0.1) is 12.1 Å². The molecule has 3 rings (SSSR count). The van der Waals surface area contributed by atoms with E-state index in [2.05, 4.69) is 10.6 Å². The van der Waals surface area contributed by atoms with E-state index in [1.165, 1.54) is 12.1 Å². The lowest BCUT2D eigenvalue weighted by atomic mass is 10.1. The number of carbonyl (C=O) groups excluding carboxylic acids is 1. The number of benzene rings is 2. The summed E-state index contributed by atoms with van der Waals surface area (Å²) in [5, 5.41) is 6.58. The zero-order chi connectivity index (χ0) is 17.1. The molecule has 1 saturated carbocycles. The molecule has 0 radical (unpaired) electrons. The van der Waals surface area contributed by atoms with Gasteiger partial charge in [0.25, 0.3) is 0 Å². The molecule has 1 amide bonds. The Kier molecular flexibility index (Phi) is 4.90. The van der Waals surface area contributed by atoms with Gasteiger partial charge in [-0.15, -0.1) is 0 Å². The minimum atomic E-state index is -0.629. The zero-order valence-corrected chi connectivity index (χ0v) is 13.9. The lowest BCUT2D eigenvalue weighted by Gasteiger charge is -2.20. The van der Waals surface area contributed by atoms with E-state index in [-0.39, 0.29) is 17.8 Å². The Morgan fingerprint density at radius 1 is 1.25 bits per heavy atom. The first-order chi connectivity index (χ1) is 11.6. The second-order valence-corrected chi connectivity index (χ2v) is 6.17. The van der Waals surface area contributed by atoms with Crippen molar-refractivity contribution in [1.82, 2.24) is 5.32 Å². The number of nitrogens with one attached hydrogen (secondary N) is 2. The topological polar surface area (TPSA) is 50.4 Å². The molecule has 1 aliphatic carbocycles. The maximum absolute atomic E-state index is 13.2. The second-order valence-electron chi connectivity index (χ2n) is 5.76. The summed E-state index contributed by atoms with van der Waals surface area (Å²) in [5.74, 6) is 0.0756. The number of rotatable bonds is 6. The molecule has 0 saturated heterocycles. The van der Waals surface area contributed by atoms with Crippen LogP contribution in [0.3, 0.4) is 0 Å². The molecule has 24 heavy (non-hydrogen) atoms. The van der Waals surface area contributed by atoms with Crippen molar-refractivity contribution in [2.75, 3.05) is 12.4 Å². The van der Waals surface area contributed by atoms with Crippen LogP contribution < -0.4 is 15.4 Å². The van der Waals surface area contributed by atoms with Gasteiger partial charge < -0.3 is 15.4 Å². The maximum Gasteiger partial charge on any atom is 0.247 e. The fourth-order valence-electron chi connectivity index (χ4n) is 2.39. The Morgan fingerprint density at radius 2 is 1.96 bits per heavy atom. The smallest absolute Gasteiger partial charge is 0.247 e. The first-order valence-electron chi connectivity index (χ1n) is 7.73. The Hall–Kier alpha value is -2.27. The van der Waals surface area contributed by atoms with Gasteiger partial charge in [-0.2, -0.15) is 0 Å². The van der Waals surface area contributed by atoms with E-state index in [1.54, 1.807) is 37.4 Å². The number of ether oxygens (including phenoxy) is 1. The second kappa shape index (κ2) is 7.09. The van der Waals surface area contributed by atoms with E-state index in [1.807, 2.05) is 0 Å². The molecule has 0 spiro atoms. The van der Waals surface area contributed by atoms with Gasteiger partial charge in [0, 0.05) is 11.7 Å². The third kappa shape index (κ3) is 3.97. The van der Waals surface area contributed by atoms with Crippen LogP contribution in [0.25, 0.3) is 0 Å². The lowest BCUT2D eigenvalue weighted by Crippen LogP contribution is -2.34. The van der Waals surface area contributed by atoms with Crippen molar-refractivity contribution in [2.45, 2.75) is 24.9 Å². The number of amides is 1. The normalized spacial score (nSPS) is 14.8. The molecule has 0 aromatic heterocycles. The quantitative estimate of drug-likeness (QED) is 0.832. The fourth-order valence-corrected chi connectivity index (χ4v) is 2.65. The monoisotopic (exact) mass is 348 g/mol. The van der Waals surface area contributed by atoms with Gasteiger partial charge in [-0.3, -0.25) is 4.79 Å². The third-order valence-electron chi connectivity index (χ3n) is 3.85. The number of methoxy groups -OCH3 is 1. The van der Waals surface area contributed by atoms with Gasteiger partial charge in [-0.25, -0.2) is 4.39 Å². The Balaban J connectivity index is 1.84. The molecule has 0 bridgehead atoms. The fraction of sp³-hybridized carbons (Fsp3) is 0.278. The summed E-state index contributed by atoms with van der Waals surface area (Å²) in [6.07, 6.45) is 1.99. The third-order valence-corrected chi connectivity index (χ3v) is 4.15. The minimum absolute atomic E-state index is 0.143. The molecular formula is C18H18ClFN2O2. The Bertz CT molecular complexity index is 732. The molecule has 6 heteroatoms. The molecule has 4 nitrogen and oxygen atoms in total. The average molecular weight is 349 g/mol. The van der Waals surface area contributed by atoms with Crippen LogP contribution in [0.5, 0.6) is 5.75 Å². The summed E-state index contributed by atoms with van der Waals surface area (Å²) in [4.78, 5) is 12.6. The van der Waals surface area contributed by atoms with E-state index < -0.39 is 6.04 Å². The predicted molar refractivity (Wildman–Crippen MR) is 91.9 cm³/mol. The van der Waals surface area contributed by atoms with Crippen LogP contribution in [-0.4, -0.2) is 19.1 Å². The van der Waals surface area contributed by atoms with Crippen LogP contribution >= 0.6 is 11.6 Å². The molecule has 126 valence electrons. The van der Waals surface area contributed by atoms with E-state index in [0.29, 0.717) is 22.0 Å². The largest absolute Gasteiger partial charge is 0.495 e. The van der Waals surface area contributed by atoms with E-state index in [9.17, 15) is 9.18 Å². The van der Waals surface area contributed by atoms with Gasteiger partial charge in [0.2, 0.25) is 5.91 Å². The summed E-state index contributed by atoms with van der Waals surface area (Å²) in [5.41, 5.74) is 1.36. The van der Waals surface area contributed by atoms with Crippen molar-refractivity contribution in [3.63, 3.8) is 0 Å². The first-order valence-corrected chi connectivity index (χ1v) is 8.10. The highest BCUT2D eigenvalue weighted by molar-refractivity contribution is 6.32. The molecule has 1 aliphatic rings. The number of anilines is 1.